The van der Waals surface area contributed by atoms with E-state index in [1.54, 1.807) is 0 Å². The zero-order valence-electron chi connectivity index (χ0n) is 12.0. The molecule has 116 valence electrons. The molecular formula is C13H23Cl3N4. The number of nitrogen functional groups attached to an aromatic ring is 1. The smallest absolute Gasteiger partial charge is 0.106 e. The van der Waals surface area contributed by atoms with E-state index in [-0.39, 0.29) is 37.2 Å². The van der Waals surface area contributed by atoms with Crippen molar-refractivity contribution in [3.63, 3.8) is 0 Å². The number of nitrogens with two attached hydrogens (primary N) is 1. The number of hydrogen-bond donors (Lipinski definition) is 1. The van der Waals surface area contributed by atoms with Gasteiger partial charge in [0.15, 0.2) is 0 Å². The normalized spacial score (nSPS) is 9.80. The van der Waals surface area contributed by atoms with Crippen molar-refractivity contribution < 1.29 is 0 Å². The Morgan fingerprint density at radius 3 is 2.45 bits per heavy atom. The van der Waals surface area contributed by atoms with Crippen molar-refractivity contribution in [2.45, 2.75) is 19.9 Å². The van der Waals surface area contributed by atoms with E-state index in [0.717, 1.165) is 36.5 Å². The third-order valence-corrected chi connectivity index (χ3v) is 2.95. The van der Waals surface area contributed by atoms with Crippen molar-refractivity contribution in [1.29, 1.82) is 0 Å². The van der Waals surface area contributed by atoms with Gasteiger partial charge < -0.3 is 15.2 Å². The van der Waals surface area contributed by atoms with Crippen molar-refractivity contribution in [2.24, 2.45) is 0 Å². The molecule has 0 aliphatic carbocycles. The Balaban J connectivity index is 0. The summed E-state index contributed by atoms with van der Waals surface area (Å²) in [5.74, 6) is 1.06. The minimum atomic E-state index is 0. The van der Waals surface area contributed by atoms with Crippen LogP contribution < -0.4 is 5.73 Å². The van der Waals surface area contributed by atoms with Gasteiger partial charge in [-0.25, -0.2) is 4.98 Å². The molecule has 2 rings (SSSR count). The van der Waals surface area contributed by atoms with Crippen molar-refractivity contribution >= 4 is 53.9 Å². The SMILES string of the molecule is Cc1nc2cc(N)ccc2n1CCCN(C)C.Cl.Cl.Cl. The summed E-state index contributed by atoms with van der Waals surface area (Å²) in [6, 6.07) is 5.93. The fourth-order valence-corrected chi connectivity index (χ4v) is 2.09. The number of rotatable bonds is 4. The van der Waals surface area contributed by atoms with Gasteiger partial charge in [0.1, 0.15) is 5.82 Å². The van der Waals surface area contributed by atoms with Crippen LogP contribution in [-0.2, 0) is 6.54 Å². The second-order valence-corrected chi connectivity index (χ2v) is 4.72. The first-order valence-corrected chi connectivity index (χ1v) is 5.95. The molecule has 0 fully saturated rings. The van der Waals surface area contributed by atoms with E-state index in [1.165, 1.54) is 5.52 Å². The summed E-state index contributed by atoms with van der Waals surface area (Å²) in [4.78, 5) is 6.74. The number of aryl methyl sites for hydroxylation is 2. The maximum absolute atomic E-state index is 5.77. The maximum Gasteiger partial charge on any atom is 0.106 e. The van der Waals surface area contributed by atoms with E-state index >= 15 is 0 Å². The maximum atomic E-state index is 5.77. The molecule has 0 atom stereocenters. The largest absolute Gasteiger partial charge is 0.399 e. The van der Waals surface area contributed by atoms with Crippen molar-refractivity contribution in [2.75, 3.05) is 26.4 Å². The predicted octanol–water partition coefficient (Wildman–Crippen LogP) is 3.14. The zero-order chi connectivity index (χ0) is 12.4. The monoisotopic (exact) mass is 340 g/mol. The van der Waals surface area contributed by atoms with Crippen LogP contribution in [0.1, 0.15) is 12.2 Å². The minimum absolute atomic E-state index is 0. The van der Waals surface area contributed by atoms with Crippen LogP contribution in [0.25, 0.3) is 11.0 Å². The van der Waals surface area contributed by atoms with Gasteiger partial charge in [-0.1, -0.05) is 0 Å². The fourth-order valence-electron chi connectivity index (χ4n) is 2.09. The molecule has 1 aromatic heterocycles. The molecule has 20 heavy (non-hydrogen) atoms. The lowest BCUT2D eigenvalue weighted by atomic mass is 10.3. The van der Waals surface area contributed by atoms with Gasteiger partial charge in [-0.05, 0) is 52.2 Å². The van der Waals surface area contributed by atoms with Gasteiger partial charge in [0.05, 0.1) is 11.0 Å². The number of anilines is 1. The van der Waals surface area contributed by atoms with Gasteiger partial charge in [0, 0.05) is 12.2 Å². The standard InChI is InChI=1S/C13H20N4.3ClH/c1-10-15-12-9-11(14)5-6-13(12)17(10)8-4-7-16(2)3;;;/h5-6,9H,4,7-8,14H2,1-3H3;3*1H. The summed E-state index contributed by atoms with van der Waals surface area (Å²) in [6.07, 6.45) is 1.13. The van der Waals surface area contributed by atoms with Crippen LogP contribution in [0.5, 0.6) is 0 Å². The average molecular weight is 342 g/mol. The molecule has 0 unspecified atom stereocenters. The molecule has 0 bridgehead atoms. The number of halogens is 3. The van der Waals surface area contributed by atoms with Crippen LogP contribution in [0, 0.1) is 6.92 Å². The molecule has 1 aromatic carbocycles. The van der Waals surface area contributed by atoms with Crippen LogP contribution >= 0.6 is 37.2 Å². The van der Waals surface area contributed by atoms with Gasteiger partial charge in [-0.3, -0.25) is 0 Å². The van der Waals surface area contributed by atoms with Gasteiger partial charge >= 0.3 is 0 Å². The molecule has 0 spiro atoms. The molecule has 4 nitrogen and oxygen atoms in total. The first-order chi connectivity index (χ1) is 8.08. The Morgan fingerprint density at radius 1 is 1.20 bits per heavy atom. The summed E-state index contributed by atoms with van der Waals surface area (Å²) in [7, 11) is 4.19. The number of nitrogens with zero attached hydrogens (tertiary/aromatic N) is 3. The van der Waals surface area contributed by atoms with Gasteiger partial charge in [-0.15, -0.1) is 37.2 Å². The van der Waals surface area contributed by atoms with Crippen LogP contribution in [0.3, 0.4) is 0 Å². The van der Waals surface area contributed by atoms with E-state index in [4.69, 9.17) is 5.73 Å². The molecule has 7 heteroatoms. The van der Waals surface area contributed by atoms with Crippen LogP contribution in [-0.4, -0.2) is 35.1 Å². The molecule has 0 aliphatic heterocycles. The highest BCUT2D eigenvalue weighted by molar-refractivity contribution is 5.86. The number of imidazole rings is 1. The predicted molar refractivity (Wildman–Crippen MR) is 93.8 cm³/mol. The summed E-state index contributed by atoms with van der Waals surface area (Å²) < 4.78 is 2.26. The van der Waals surface area contributed by atoms with E-state index in [0.29, 0.717) is 0 Å². The first-order valence-electron chi connectivity index (χ1n) is 5.95. The van der Waals surface area contributed by atoms with Gasteiger partial charge in [0.25, 0.3) is 0 Å². The topological polar surface area (TPSA) is 47.1 Å². The average Bonchev–Trinajstić information content (AvgIpc) is 2.54. The Labute approximate surface area is 139 Å². The van der Waals surface area contributed by atoms with Gasteiger partial charge in [0.2, 0.25) is 0 Å². The highest BCUT2D eigenvalue weighted by atomic mass is 35.5. The van der Waals surface area contributed by atoms with Crippen molar-refractivity contribution in [3.05, 3.63) is 24.0 Å². The molecule has 0 saturated carbocycles. The van der Waals surface area contributed by atoms with Crippen molar-refractivity contribution in [1.82, 2.24) is 14.5 Å². The lowest BCUT2D eigenvalue weighted by Gasteiger charge is -2.11. The van der Waals surface area contributed by atoms with Crippen molar-refractivity contribution in [3.8, 4) is 0 Å². The van der Waals surface area contributed by atoms with Gasteiger partial charge in [-0.2, -0.15) is 0 Å². The molecular weight excluding hydrogens is 319 g/mol. The van der Waals surface area contributed by atoms with Crippen LogP contribution in [0.15, 0.2) is 18.2 Å². The second kappa shape index (κ2) is 9.29. The molecule has 2 N–H and O–H groups in total. The van der Waals surface area contributed by atoms with Crippen LogP contribution in [0.4, 0.5) is 5.69 Å². The number of aromatic nitrogens is 2. The molecule has 2 aromatic rings. The van der Waals surface area contributed by atoms with E-state index in [9.17, 15) is 0 Å². The quantitative estimate of drug-likeness (QED) is 0.869. The molecule has 0 amide bonds. The second-order valence-electron chi connectivity index (χ2n) is 4.72. The molecule has 1 heterocycles. The lowest BCUT2D eigenvalue weighted by Crippen LogP contribution is -2.15. The Morgan fingerprint density at radius 2 is 1.85 bits per heavy atom. The summed E-state index contributed by atoms with van der Waals surface area (Å²) in [5.41, 5.74) is 8.71. The summed E-state index contributed by atoms with van der Waals surface area (Å²) in [5, 5.41) is 0. The number of benzene rings is 1. The zero-order valence-corrected chi connectivity index (χ0v) is 14.4. The molecule has 0 saturated heterocycles. The first kappa shape index (κ1) is 21.6. The third-order valence-electron chi connectivity index (χ3n) is 2.95. The number of hydrogen-bond acceptors (Lipinski definition) is 3. The highest BCUT2D eigenvalue weighted by Gasteiger charge is 2.07. The highest BCUT2D eigenvalue weighted by Crippen LogP contribution is 2.19. The van der Waals surface area contributed by atoms with E-state index in [1.807, 2.05) is 19.1 Å². The molecule has 0 radical (unpaired) electrons. The Kier molecular flexibility index (Phi) is 10.0. The van der Waals surface area contributed by atoms with E-state index in [2.05, 4.69) is 34.6 Å². The fraction of sp³-hybridized carbons (Fsp3) is 0.462. The minimum Gasteiger partial charge on any atom is -0.399 e. The van der Waals surface area contributed by atoms with Crippen LogP contribution in [0.2, 0.25) is 0 Å². The summed E-state index contributed by atoms with van der Waals surface area (Å²) >= 11 is 0. The Bertz CT molecular complexity index is 526. The lowest BCUT2D eigenvalue weighted by molar-refractivity contribution is 0.387. The Hall–Kier alpha value is -0.680. The third kappa shape index (κ3) is 5.02. The molecule has 0 aliphatic rings. The van der Waals surface area contributed by atoms with E-state index < -0.39 is 0 Å². The summed E-state index contributed by atoms with van der Waals surface area (Å²) in [6.45, 7) is 4.14. The number of fused-ring (bicyclic) bond motifs is 1.